The minimum Gasteiger partial charge on any atom is -0.302 e. The van der Waals surface area contributed by atoms with Crippen LogP contribution in [0.1, 0.15) is 50.7 Å². The van der Waals surface area contributed by atoms with Crippen molar-refractivity contribution in [3.8, 4) is 0 Å². The first-order chi connectivity index (χ1) is 9.55. The molecule has 0 aromatic heterocycles. The average Bonchev–Trinajstić information content (AvgIpc) is 2.39. The van der Waals surface area contributed by atoms with Crippen LogP contribution in [0, 0.1) is 12.3 Å². The second kappa shape index (κ2) is 8.74. The topological polar surface area (TPSA) is 3.24 Å². The molecule has 20 heavy (non-hydrogen) atoms. The van der Waals surface area contributed by atoms with Crippen molar-refractivity contribution in [1.82, 2.24) is 4.90 Å². The zero-order valence-corrected chi connectivity index (χ0v) is 14.5. The Morgan fingerprint density at radius 3 is 2.30 bits per heavy atom. The van der Waals surface area contributed by atoms with Gasteiger partial charge in [-0.15, -0.1) is 0 Å². The Balaban J connectivity index is 2.67. The van der Waals surface area contributed by atoms with Crippen molar-refractivity contribution >= 4 is 12.6 Å². The van der Waals surface area contributed by atoms with Gasteiger partial charge < -0.3 is 4.90 Å². The molecular formula is C18H31NS. The van der Waals surface area contributed by atoms with Gasteiger partial charge in [-0.25, -0.2) is 0 Å². The molecule has 0 radical (unpaired) electrons. The summed E-state index contributed by atoms with van der Waals surface area (Å²) in [6.07, 6.45) is 5.06. The summed E-state index contributed by atoms with van der Waals surface area (Å²) in [5.41, 5.74) is 3.14. The molecule has 0 heterocycles. The van der Waals surface area contributed by atoms with E-state index in [2.05, 4.69) is 69.6 Å². The van der Waals surface area contributed by atoms with E-state index in [1.54, 1.807) is 0 Å². The quantitative estimate of drug-likeness (QED) is 0.631. The minimum atomic E-state index is 0.380. The minimum absolute atomic E-state index is 0.380. The third kappa shape index (κ3) is 5.49. The molecule has 1 aromatic carbocycles. The summed E-state index contributed by atoms with van der Waals surface area (Å²) in [6, 6.07) is 8.84. The van der Waals surface area contributed by atoms with Crippen molar-refractivity contribution in [2.45, 2.75) is 53.0 Å². The van der Waals surface area contributed by atoms with Gasteiger partial charge in [-0.05, 0) is 43.5 Å². The van der Waals surface area contributed by atoms with E-state index in [4.69, 9.17) is 0 Å². The van der Waals surface area contributed by atoms with Crippen molar-refractivity contribution < 1.29 is 0 Å². The fourth-order valence-electron chi connectivity index (χ4n) is 3.30. The highest BCUT2D eigenvalue weighted by Crippen LogP contribution is 2.32. The first-order valence-corrected chi connectivity index (χ1v) is 8.53. The van der Waals surface area contributed by atoms with Crippen molar-refractivity contribution in [3.63, 3.8) is 0 Å². The van der Waals surface area contributed by atoms with Gasteiger partial charge in [-0.2, -0.15) is 12.6 Å². The van der Waals surface area contributed by atoms with Crippen molar-refractivity contribution in [2.75, 3.05) is 19.3 Å². The van der Waals surface area contributed by atoms with Gasteiger partial charge in [-0.1, -0.05) is 56.5 Å². The number of benzene rings is 1. The lowest BCUT2D eigenvalue weighted by atomic mass is 9.80. The second-order valence-corrected chi connectivity index (χ2v) is 6.64. The fourth-order valence-corrected chi connectivity index (χ4v) is 3.72. The Labute approximate surface area is 131 Å². The van der Waals surface area contributed by atoms with Crippen LogP contribution in [0.2, 0.25) is 0 Å². The molecule has 0 atom stereocenters. The normalized spacial score (nSPS) is 12.1. The van der Waals surface area contributed by atoms with Crippen LogP contribution in [-0.4, -0.2) is 24.2 Å². The van der Waals surface area contributed by atoms with E-state index in [0.29, 0.717) is 5.41 Å². The molecule has 0 N–H and O–H groups in total. The maximum Gasteiger partial charge on any atom is 0.0231 e. The molecule has 1 aromatic rings. The SMILES string of the molecule is CCCC(CS)(CCC)CN(C)Cc1cccc(C)c1. The largest absolute Gasteiger partial charge is 0.302 e. The van der Waals surface area contributed by atoms with E-state index in [9.17, 15) is 0 Å². The van der Waals surface area contributed by atoms with Crippen LogP contribution in [0.3, 0.4) is 0 Å². The molecule has 114 valence electrons. The average molecular weight is 294 g/mol. The van der Waals surface area contributed by atoms with E-state index < -0.39 is 0 Å². The first kappa shape index (κ1) is 17.6. The molecule has 2 heteroatoms. The van der Waals surface area contributed by atoms with Crippen LogP contribution < -0.4 is 0 Å². The highest BCUT2D eigenvalue weighted by Gasteiger charge is 2.28. The molecule has 0 fully saturated rings. The lowest BCUT2D eigenvalue weighted by Gasteiger charge is -2.36. The standard InChI is InChI=1S/C18H31NS/c1-5-10-18(15-20,11-6-2)14-19(4)13-17-9-7-8-16(3)12-17/h7-9,12,20H,5-6,10-11,13-15H2,1-4H3. The lowest BCUT2D eigenvalue weighted by Crippen LogP contribution is -2.37. The predicted octanol–water partition coefficient (Wildman–Crippen LogP) is 4.94. The highest BCUT2D eigenvalue weighted by atomic mass is 32.1. The number of hydrogen-bond acceptors (Lipinski definition) is 2. The van der Waals surface area contributed by atoms with Gasteiger partial charge in [0.1, 0.15) is 0 Å². The van der Waals surface area contributed by atoms with Crippen LogP contribution >= 0.6 is 12.6 Å². The first-order valence-electron chi connectivity index (χ1n) is 7.90. The number of thiol groups is 1. The smallest absolute Gasteiger partial charge is 0.0231 e. The van der Waals surface area contributed by atoms with Gasteiger partial charge in [0.15, 0.2) is 0 Å². The van der Waals surface area contributed by atoms with Crippen molar-refractivity contribution in [2.24, 2.45) is 5.41 Å². The molecule has 0 spiro atoms. The highest BCUT2D eigenvalue weighted by molar-refractivity contribution is 7.80. The van der Waals surface area contributed by atoms with E-state index >= 15 is 0 Å². The van der Waals surface area contributed by atoms with Crippen LogP contribution in [0.25, 0.3) is 0 Å². The molecule has 1 rings (SSSR count). The zero-order chi connectivity index (χ0) is 15.0. The van der Waals surface area contributed by atoms with Gasteiger partial charge in [0, 0.05) is 13.1 Å². The Bertz CT molecular complexity index is 383. The summed E-state index contributed by atoms with van der Waals surface area (Å²) in [4.78, 5) is 2.47. The summed E-state index contributed by atoms with van der Waals surface area (Å²) in [7, 11) is 2.24. The summed E-state index contributed by atoms with van der Waals surface area (Å²) in [5.74, 6) is 0.993. The summed E-state index contributed by atoms with van der Waals surface area (Å²) >= 11 is 4.66. The Kier molecular flexibility index (Phi) is 7.68. The van der Waals surface area contributed by atoms with E-state index in [1.807, 2.05) is 0 Å². The maximum absolute atomic E-state index is 4.66. The molecule has 0 unspecified atom stereocenters. The Morgan fingerprint density at radius 1 is 1.15 bits per heavy atom. The maximum atomic E-state index is 4.66. The van der Waals surface area contributed by atoms with Gasteiger partial charge in [0.2, 0.25) is 0 Å². The molecule has 0 amide bonds. The van der Waals surface area contributed by atoms with Gasteiger partial charge in [0.05, 0.1) is 0 Å². The van der Waals surface area contributed by atoms with Gasteiger partial charge in [-0.3, -0.25) is 0 Å². The number of rotatable bonds is 9. The molecule has 0 aliphatic heterocycles. The van der Waals surface area contributed by atoms with E-state index in [0.717, 1.165) is 18.8 Å². The number of hydrogen-bond donors (Lipinski definition) is 1. The zero-order valence-electron chi connectivity index (χ0n) is 13.7. The molecule has 0 aliphatic carbocycles. The van der Waals surface area contributed by atoms with Crippen LogP contribution in [0.15, 0.2) is 24.3 Å². The third-order valence-corrected chi connectivity index (χ3v) is 4.71. The molecule has 0 saturated carbocycles. The van der Waals surface area contributed by atoms with Crippen molar-refractivity contribution in [3.05, 3.63) is 35.4 Å². The summed E-state index contributed by atoms with van der Waals surface area (Å²) in [5, 5.41) is 0. The summed E-state index contributed by atoms with van der Waals surface area (Å²) in [6.45, 7) is 8.91. The van der Waals surface area contributed by atoms with Crippen LogP contribution in [-0.2, 0) is 6.54 Å². The molecular weight excluding hydrogens is 262 g/mol. The number of nitrogens with zero attached hydrogens (tertiary/aromatic N) is 1. The van der Waals surface area contributed by atoms with Crippen molar-refractivity contribution in [1.29, 1.82) is 0 Å². The fraction of sp³-hybridized carbons (Fsp3) is 0.667. The molecule has 1 nitrogen and oxygen atoms in total. The second-order valence-electron chi connectivity index (χ2n) is 6.32. The predicted molar refractivity (Wildman–Crippen MR) is 93.6 cm³/mol. The Morgan fingerprint density at radius 2 is 1.80 bits per heavy atom. The van der Waals surface area contributed by atoms with E-state index in [-0.39, 0.29) is 0 Å². The Hall–Kier alpha value is -0.470. The molecule has 0 bridgehead atoms. The van der Waals surface area contributed by atoms with Gasteiger partial charge in [0.25, 0.3) is 0 Å². The lowest BCUT2D eigenvalue weighted by molar-refractivity contribution is 0.165. The van der Waals surface area contributed by atoms with Crippen LogP contribution in [0.4, 0.5) is 0 Å². The van der Waals surface area contributed by atoms with Crippen LogP contribution in [0.5, 0.6) is 0 Å². The number of aryl methyl sites for hydroxylation is 1. The molecule has 0 saturated heterocycles. The van der Waals surface area contributed by atoms with Gasteiger partial charge >= 0.3 is 0 Å². The monoisotopic (exact) mass is 293 g/mol. The third-order valence-electron chi connectivity index (χ3n) is 4.04. The summed E-state index contributed by atoms with van der Waals surface area (Å²) < 4.78 is 0. The molecule has 0 aliphatic rings. The van der Waals surface area contributed by atoms with E-state index in [1.165, 1.54) is 36.8 Å².